The average Bonchev–Trinajstić information content (AvgIpc) is 2.48. The summed E-state index contributed by atoms with van der Waals surface area (Å²) < 4.78 is 5.27. The molecule has 1 fully saturated rings. The summed E-state index contributed by atoms with van der Waals surface area (Å²) in [6, 6.07) is 0. The molecule has 0 N–H and O–H groups in total. The Hall–Kier alpha value is -0.710. The molecule has 1 aliphatic rings. The summed E-state index contributed by atoms with van der Waals surface area (Å²) in [4.78, 5) is 24.3. The van der Waals surface area contributed by atoms with Crippen molar-refractivity contribution in [3.8, 4) is 0 Å². The summed E-state index contributed by atoms with van der Waals surface area (Å²) in [5, 5.41) is 0.334. The van der Waals surface area contributed by atoms with Crippen molar-refractivity contribution in [2.75, 3.05) is 13.1 Å². The van der Waals surface area contributed by atoms with Crippen LogP contribution >= 0.6 is 11.8 Å². The van der Waals surface area contributed by atoms with Gasteiger partial charge in [-0.15, -0.1) is 0 Å². The molecule has 0 aromatic carbocycles. The molecule has 0 bridgehead atoms. The SMILES string of the molecule is CC(=O)S[C@H]1CCN(C(=O)OC(C)(C)C)C1. The van der Waals surface area contributed by atoms with Gasteiger partial charge in [-0.05, 0) is 27.2 Å². The number of hydrogen-bond acceptors (Lipinski definition) is 4. The van der Waals surface area contributed by atoms with Gasteiger partial charge < -0.3 is 9.64 Å². The number of amides is 1. The van der Waals surface area contributed by atoms with Crippen molar-refractivity contribution in [3.05, 3.63) is 0 Å². The first-order valence-electron chi connectivity index (χ1n) is 5.43. The van der Waals surface area contributed by atoms with Gasteiger partial charge in [0.25, 0.3) is 0 Å². The van der Waals surface area contributed by atoms with E-state index in [2.05, 4.69) is 0 Å². The van der Waals surface area contributed by atoms with Crippen molar-refractivity contribution in [2.24, 2.45) is 0 Å². The first kappa shape index (κ1) is 13.4. The van der Waals surface area contributed by atoms with Crippen LogP contribution in [0.3, 0.4) is 0 Å². The number of ether oxygens (including phenoxy) is 1. The second kappa shape index (κ2) is 5.08. The molecule has 0 unspecified atom stereocenters. The molecule has 1 amide bonds. The number of likely N-dealkylation sites (tertiary alicyclic amines) is 1. The van der Waals surface area contributed by atoms with Gasteiger partial charge in [-0.1, -0.05) is 11.8 Å². The zero-order valence-electron chi connectivity index (χ0n) is 10.3. The minimum atomic E-state index is -0.455. The van der Waals surface area contributed by atoms with Crippen molar-refractivity contribution in [2.45, 2.75) is 45.0 Å². The Morgan fingerprint density at radius 1 is 1.38 bits per heavy atom. The maximum Gasteiger partial charge on any atom is 0.410 e. The molecule has 92 valence electrons. The predicted octanol–water partition coefficient (Wildman–Crippen LogP) is 2.28. The molecule has 0 aromatic rings. The summed E-state index contributed by atoms with van der Waals surface area (Å²) in [5.41, 5.74) is -0.455. The molecule has 1 heterocycles. The number of carbonyl (C=O) groups excluding carboxylic acids is 2. The van der Waals surface area contributed by atoms with Crippen LogP contribution in [0.15, 0.2) is 0 Å². The number of hydrogen-bond donors (Lipinski definition) is 0. The first-order valence-corrected chi connectivity index (χ1v) is 6.31. The third-order valence-electron chi connectivity index (χ3n) is 2.13. The molecule has 1 atom stereocenters. The van der Waals surface area contributed by atoms with Crippen LogP contribution in [-0.4, -0.2) is 40.0 Å². The average molecular weight is 245 g/mol. The number of rotatable bonds is 1. The fourth-order valence-electron chi connectivity index (χ4n) is 1.55. The Morgan fingerprint density at radius 3 is 2.50 bits per heavy atom. The molecule has 0 aliphatic carbocycles. The van der Waals surface area contributed by atoms with Crippen molar-refractivity contribution in [1.29, 1.82) is 0 Å². The molecular formula is C11H19NO3S. The molecule has 0 radical (unpaired) electrons. The molecule has 5 heteroatoms. The number of thioether (sulfide) groups is 1. The van der Waals surface area contributed by atoms with Gasteiger partial charge in [-0.2, -0.15) is 0 Å². The molecule has 0 aromatic heterocycles. The van der Waals surface area contributed by atoms with Crippen molar-refractivity contribution < 1.29 is 14.3 Å². The van der Waals surface area contributed by atoms with Gasteiger partial charge in [0.05, 0.1) is 0 Å². The molecule has 1 saturated heterocycles. The monoisotopic (exact) mass is 245 g/mol. The quantitative estimate of drug-likeness (QED) is 0.711. The van der Waals surface area contributed by atoms with Crippen LogP contribution in [-0.2, 0) is 9.53 Å². The fraction of sp³-hybridized carbons (Fsp3) is 0.818. The number of carbonyl (C=O) groups is 2. The highest BCUT2D eigenvalue weighted by Crippen LogP contribution is 2.24. The van der Waals surface area contributed by atoms with Gasteiger partial charge in [-0.25, -0.2) is 4.79 Å². The largest absolute Gasteiger partial charge is 0.444 e. The Balaban J connectivity index is 2.41. The zero-order chi connectivity index (χ0) is 12.3. The third-order valence-corrected chi connectivity index (χ3v) is 3.18. The minimum absolute atomic E-state index is 0.107. The molecule has 1 rings (SSSR count). The van der Waals surface area contributed by atoms with E-state index in [1.165, 1.54) is 11.8 Å². The molecule has 16 heavy (non-hydrogen) atoms. The van der Waals surface area contributed by atoms with Crippen molar-refractivity contribution in [3.63, 3.8) is 0 Å². The Kier molecular flexibility index (Phi) is 4.24. The van der Waals surface area contributed by atoms with Crippen LogP contribution in [0.25, 0.3) is 0 Å². The lowest BCUT2D eigenvalue weighted by Gasteiger charge is -2.24. The predicted molar refractivity (Wildman–Crippen MR) is 64.5 cm³/mol. The molecule has 4 nitrogen and oxygen atoms in total. The normalized spacial score (nSPS) is 21.0. The lowest BCUT2D eigenvalue weighted by atomic mass is 10.2. The Morgan fingerprint density at radius 2 is 2.00 bits per heavy atom. The minimum Gasteiger partial charge on any atom is -0.444 e. The summed E-state index contributed by atoms with van der Waals surface area (Å²) in [6.45, 7) is 8.40. The lowest BCUT2D eigenvalue weighted by molar-refractivity contribution is -0.109. The zero-order valence-corrected chi connectivity index (χ0v) is 11.1. The van der Waals surface area contributed by atoms with Crippen LogP contribution in [0.2, 0.25) is 0 Å². The van der Waals surface area contributed by atoms with Gasteiger partial charge in [0, 0.05) is 25.3 Å². The highest BCUT2D eigenvalue weighted by Gasteiger charge is 2.30. The molecule has 0 spiro atoms. The van der Waals surface area contributed by atoms with Crippen LogP contribution in [0.5, 0.6) is 0 Å². The lowest BCUT2D eigenvalue weighted by Crippen LogP contribution is -2.35. The van der Waals surface area contributed by atoms with Crippen LogP contribution in [0.1, 0.15) is 34.1 Å². The van der Waals surface area contributed by atoms with Crippen molar-refractivity contribution in [1.82, 2.24) is 4.90 Å². The standard InChI is InChI=1S/C11H19NO3S/c1-8(13)16-9-5-6-12(7-9)10(14)15-11(2,3)4/h9H,5-7H2,1-4H3/t9-/m0/s1. The van der Waals surface area contributed by atoms with Gasteiger partial charge in [-0.3, -0.25) is 4.79 Å². The first-order chi connectivity index (χ1) is 7.28. The Bertz CT molecular complexity index is 285. The summed E-state index contributed by atoms with van der Waals surface area (Å²) >= 11 is 1.31. The third kappa shape index (κ3) is 4.43. The second-order valence-electron chi connectivity index (χ2n) is 4.95. The van der Waals surface area contributed by atoms with E-state index in [0.29, 0.717) is 13.1 Å². The van der Waals surface area contributed by atoms with E-state index in [0.717, 1.165) is 6.42 Å². The fourth-order valence-corrected chi connectivity index (χ4v) is 2.50. The highest BCUT2D eigenvalue weighted by molar-refractivity contribution is 8.14. The van der Waals surface area contributed by atoms with Crippen LogP contribution in [0.4, 0.5) is 4.79 Å². The second-order valence-corrected chi connectivity index (χ2v) is 6.42. The van der Waals surface area contributed by atoms with Crippen LogP contribution < -0.4 is 0 Å². The van der Waals surface area contributed by atoms with Crippen LogP contribution in [0, 0.1) is 0 Å². The van der Waals surface area contributed by atoms with E-state index in [9.17, 15) is 9.59 Å². The van der Waals surface area contributed by atoms with Gasteiger partial charge in [0.1, 0.15) is 5.60 Å². The van der Waals surface area contributed by atoms with Gasteiger partial charge >= 0.3 is 6.09 Å². The van der Waals surface area contributed by atoms with E-state index in [1.807, 2.05) is 20.8 Å². The highest BCUT2D eigenvalue weighted by atomic mass is 32.2. The summed E-state index contributed by atoms with van der Waals surface area (Å²) in [6.07, 6.45) is 0.586. The van der Waals surface area contributed by atoms with Crippen molar-refractivity contribution >= 4 is 23.0 Å². The topological polar surface area (TPSA) is 46.6 Å². The van der Waals surface area contributed by atoms with E-state index >= 15 is 0 Å². The summed E-state index contributed by atoms with van der Waals surface area (Å²) in [7, 11) is 0. The summed E-state index contributed by atoms with van der Waals surface area (Å²) in [5.74, 6) is 0. The van der Waals surface area contributed by atoms with E-state index in [-0.39, 0.29) is 16.5 Å². The van der Waals surface area contributed by atoms with Gasteiger partial charge in [0.15, 0.2) is 5.12 Å². The van der Waals surface area contributed by atoms with E-state index in [4.69, 9.17) is 4.74 Å². The molecule has 1 aliphatic heterocycles. The number of nitrogens with zero attached hydrogens (tertiary/aromatic N) is 1. The Labute approximate surface area is 101 Å². The smallest absolute Gasteiger partial charge is 0.410 e. The maximum absolute atomic E-state index is 11.7. The van der Waals surface area contributed by atoms with Gasteiger partial charge in [0.2, 0.25) is 0 Å². The molecule has 0 saturated carbocycles. The van der Waals surface area contributed by atoms with E-state index in [1.54, 1.807) is 11.8 Å². The van der Waals surface area contributed by atoms with E-state index < -0.39 is 5.60 Å². The maximum atomic E-state index is 11.7. The molecular weight excluding hydrogens is 226 g/mol.